The normalized spacial score (nSPS) is 21.4. The molecule has 0 saturated carbocycles. The summed E-state index contributed by atoms with van der Waals surface area (Å²) in [7, 11) is 0. The lowest BCUT2D eigenvalue weighted by atomic mass is 9.85. The second kappa shape index (κ2) is 7.47. The molecule has 0 bridgehead atoms. The van der Waals surface area contributed by atoms with Crippen LogP contribution in [0.4, 0.5) is 0 Å². The van der Waals surface area contributed by atoms with Gasteiger partial charge in [-0.1, -0.05) is 19.0 Å². The fourth-order valence-electron chi connectivity index (χ4n) is 2.50. The van der Waals surface area contributed by atoms with Gasteiger partial charge in [0.05, 0.1) is 0 Å². The van der Waals surface area contributed by atoms with Crippen molar-refractivity contribution < 1.29 is 10.0 Å². The molecule has 116 valence electrons. The van der Waals surface area contributed by atoms with Crippen molar-refractivity contribution in [2.45, 2.75) is 40.0 Å². The molecule has 1 amide bonds. The molecule has 6 nitrogen and oxygen atoms in total. The average Bonchev–Trinajstić information content (AvgIpc) is 2.95. The summed E-state index contributed by atoms with van der Waals surface area (Å²) in [6.45, 7) is 9.62. The number of carbonyl (C=O) groups is 1. The van der Waals surface area contributed by atoms with Gasteiger partial charge in [0.25, 0.3) is 0 Å². The van der Waals surface area contributed by atoms with Gasteiger partial charge in [0.1, 0.15) is 5.41 Å². The number of nitrogens with one attached hydrogen (secondary N) is 1. The largest absolute Gasteiger partial charge is 0.409 e. The minimum absolute atomic E-state index is 0.0373. The number of amidine groups is 1. The van der Waals surface area contributed by atoms with E-state index in [4.69, 9.17) is 10.9 Å². The average molecular weight is 284 g/mol. The van der Waals surface area contributed by atoms with E-state index in [0.29, 0.717) is 18.9 Å². The minimum atomic E-state index is -0.942. The van der Waals surface area contributed by atoms with Crippen molar-refractivity contribution >= 4 is 11.7 Å². The molecule has 0 aromatic carbocycles. The van der Waals surface area contributed by atoms with Gasteiger partial charge in [0.2, 0.25) is 5.91 Å². The maximum absolute atomic E-state index is 12.2. The van der Waals surface area contributed by atoms with Crippen molar-refractivity contribution in [1.29, 1.82) is 0 Å². The molecule has 1 saturated heterocycles. The number of nitrogens with zero attached hydrogens (tertiary/aromatic N) is 2. The molecule has 1 aliphatic rings. The predicted octanol–water partition coefficient (Wildman–Crippen LogP) is 0.997. The van der Waals surface area contributed by atoms with Crippen molar-refractivity contribution in [3.63, 3.8) is 0 Å². The van der Waals surface area contributed by atoms with Crippen LogP contribution >= 0.6 is 0 Å². The van der Waals surface area contributed by atoms with Crippen molar-refractivity contribution in [3.8, 4) is 0 Å². The number of carbonyl (C=O) groups excluding carboxylic acids is 1. The number of hydrogen-bond donors (Lipinski definition) is 3. The highest BCUT2D eigenvalue weighted by atomic mass is 16.4. The summed E-state index contributed by atoms with van der Waals surface area (Å²) >= 11 is 0. The van der Waals surface area contributed by atoms with Crippen LogP contribution in [0.15, 0.2) is 5.16 Å². The Kier molecular flexibility index (Phi) is 6.26. The van der Waals surface area contributed by atoms with Crippen LogP contribution < -0.4 is 11.1 Å². The first-order valence-electron chi connectivity index (χ1n) is 7.42. The van der Waals surface area contributed by atoms with Crippen LogP contribution in [-0.2, 0) is 4.79 Å². The Balaban J connectivity index is 2.44. The third kappa shape index (κ3) is 4.10. The highest BCUT2D eigenvalue weighted by Crippen LogP contribution is 2.21. The van der Waals surface area contributed by atoms with Gasteiger partial charge in [-0.3, -0.25) is 4.79 Å². The molecule has 4 N–H and O–H groups in total. The third-order valence-electron chi connectivity index (χ3n) is 4.26. The Morgan fingerprint density at radius 3 is 2.60 bits per heavy atom. The molecule has 0 aliphatic carbocycles. The SMILES string of the molecule is CCC(C)(C(=O)NCC(C)CN1CCCC1)C(N)=NO. The van der Waals surface area contributed by atoms with Crippen LogP contribution in [0, 0.1) is 11.3 Å². The summed E-state index contributed by atoms with van der Waals surface area (Å²) in [6.07, 6.45) is 3.04. The monoisotopic (exact) mass is 284 g/mol. The van der Waals surface area contributed by atoms with Crippen LogP contribution in [0.3, 0.4) is 0 Å². The second-order valence-corrected chi connectivity index (χ2v) is 5.99. The van der Waals surface area contributed by atoms with E-state index in [-0.39, 0.29) is 11.7 Å². The number of rotatable bonds is 7. The lowest BCUT2D eigenvalue weighted by Gasteiger charge is -2.27. The van der Waals surface area contributed by atoms with Crippen molar-refractivity contribution in [2.75, 3.05) is 26.2 Å². The zero-order valence-corrected chi connectivity index (χ0v) is 12.9. The first-order chi connectivity index (χ1) is 9.43. The van der Waals surface area contributed by atoms with Gasteiger partial charge in [-0.25, -0.2) is 0 Å². The topological polar surface area (TPSA) is 91.0 Å². The van der Waals surface area contributed by atoms with E-state index in [2.05, 4.69) is 22.3 Å². The quantitative estimate of drug-likeness (QED) is 0.281. The lowest BCUT2D eigenvalue weighted by Crippen LogP contribution is -2.49. The molecule has 1 heterocycles. The van der Waals surface area contributed by atoms with Gasteiger partial charge >= 0.3 is 0 Å². The van der Waals surface area contributed by atoms with Crippen LogP contribution in [0.5, 0.6) is 0 Å². The first kappa shape index (κ1) is 16.8. The molecule has 1 rings (SSSR count). The number of nitrogens with two attached hydrogens (primary N) is 1. The molecule has 6 heteroatoms. The summed E-state index contributed by atoms with van der Waals surface area (Å²) in [5.74, 6) is 0.179. The Morgan fingerprint density at radius 2 is 2.10 bits per heavy atom. The number of amides is 1. The first-order valence-corrected chi connectivity index (χ1v) is 7.42. The van der Waals surface area contributed by atoms with E-state index in [1.165, 1.54) is 12.8 Å². The smallest absolute Gasteiger partial charge is 0.233 e. The van der Waals surface area contributed by atoms with Gasteiger partial charge in [-0.2, -0.15) is 0 Å². The van der Waals surface area contributed by atoms with Gasteiger partial charge in [-0.15, -0.1) is 0 Å². The molecular formula is C14H28N4O2. The fourth-order valence-corrected chi connectivity index (χ4v) is 2.50. The van der Waals surface area contributed by atoms with Gasteiger partial charge in [-0.05, 0) is 45.2 Å². The minimum Gasteiger partial charge on any atom is -0.409 e. The van der Waals surface area contributed by atoms with E-state index in [1.54, 1.807) is 6.92 Å². The summed E-state index contributed by atoms with van der Waals surface area (Å²) < 4.78 is 0. The van der Waals surface area contributed by atoms with E-state index < -0.39 is 5.41 Å². The number of likely N-dealkylation sites (tertiary alicyclic amines) is 1. The van der Waals surface area contributed by atoms with E-state index >= 15 is 0 Å². The van der Waals surface area contributed by atoms with Gasteiger partial charge in [0, 0.05) is 13.1 Å². The summed E-state index contributed by atoms with van der Waals surface area (Å²) in [5, 5.41) is 14.7. The molecule has 1 fully saturated rings. The Labute approximate surface area is 121 Å². The highest BCUT2D eigenvalue weighted by molar-refractivity contribution is 6.06. The summed E-state index contributed by atoms with van der Waals surface area (Å²) in [4.78, 5) is 14.7. The molecule has 2 unspecified atom stereocenters. The lowest BCUT2D eigenvalue weighted by molar-refractivity contribution is -0.127. The Bertz CT molecular complexity index is 353. The Hall–Kier alpha value is -1.30. The zero-order valence-electron chi connectivity index (χ0n) is 12.9. The Morgan fingerprint density at radius 1 is 1.50 bits per heavy atom. The summed E-state index contributed by atoms with van der Waals surface area (Å²) in [6, 6.07) is 0. The standard InChI is InChI=1S/C14H28N4O2/c1-4-14(3,12(15)17-20)13(19)16-9-11(2)10-18-7-5-6-8-18/h11,20H,4-10H2,1-3H3,(H2,15,17)(H,16,19). The van der Waals surface area contributed by atoms with Crippen molar-refractivity contribution in [1.82, 2.24) is 10.2 Å². The highest BCUT2D eigenvalue weighted by Gasteiger charge is 2.36. The molecule has 1 aliphatic heterocycles. The molecule has 0 spiro atoms. The molecular weight excluding hydrogens is 256 g/mol. The van der Waals surface area contributed by atoms with E-state index in [9.17, 15) is 4.79 Å². The van der Waals surface area contributed by atoms with Crippen LogP contribution in [-0.4, -0.2) is 48.0 Å². The van der Waals surface area contributed by atoms with Crippen LogP contribution in [0.2, 0.25) is 0 Å². The van der Waals surface area contributed by atoms with Crippen molar-refractivity contribution in [3.05, 3.63) is 0 Å². The van der Waals surface area contributed by atoms with E-state index in [1.807, 2.05) is 6.92 Å². The molecule has 0 aromatic rings. The van der Waals surface area contributed by atoms with E-state index in [0.717, 1.165) is 19.6 Å². The van der Waals surface area contributed by atoms with Crippen molar-refractivity contribution in [2.24, 2.45) is 22.2 Å². The zero-order chi connectivity index (χ0) is 15.2. The molecule has 0 radical (unpaired) electrons. The number of oxime groups is 1. The molecule has 0 aromatic heterocycles. The third-order valence-corrected chi connectivity index (χ3v) is 4.26. The molecule has 20 heavy (non-hydrogen) atoms. The maximum Gasteiger partial charge on any atom is 0.233 e. The van der Waals surface area contributed by atoms with Crippen LogP contribution in [0.1, 0.15) is 40.0 Å². The summed E-state index contributed by atoms with van der Waals surface area (Å²) in [5.41, 5.74) is 4.69. The maximum atomic E-state index is 12.2. The fraction of sp³-hybridized carbons (Fsp3) is 0.857. The molecule has 2 atom stereocenters. The predicted molar refractivity (Wildman–Crippen MR) is 79.7 cm³/mol. The van der Waals surface area contributed by atoms with Gasteiger partial charge in [0.15, 0.2) is 5.84 Å². The number of hydrogen-bond acceptors (Lipinski definition) is 4. The van der Waals surface area contributed by atoms with Crippen LogP contribution in [0.25, 0.3) is 0 Å². The van der Waals surface area contributed by atoms with Gasteiger partial charge < -0.3 is 21.2 Å². The second-order valence-electron chi connectivity index (χ2n) is 5.99.